The van der Waals surface area contributed by atoms with Gasteiger partial charge in [0.2, 0.25) is 5.91 Å². The molecule has 0 bridgehead atoms. The van der Waals surface area contributed by atoms with Crippen LogP contribution in [0.4, 0.5) is 0 Å². The first kappa shape index (κ1) is 17.7. The van der Waals surface area contributed by atoms with Crippen LogP contribution in [0.3, 0.4) is 0 Å². The first-order chi connectivity index (χ1) is 11.7. The van der Waals surface area contributed by atoms with Gasteiger partial charge in [-0.1, -0.05) is 48.5 Å². The molecule has 5 heteroatoms. The van der Waals surface area contributed by atoms with Crippen molar-refractivity contribution in [1.29, 1.82) is 0 Å². The molecule has 2 aromatic rings. The molecule has 0 saturated heterocycles. The molecule has 0 atom stereocenters. The fraction of sp³-hybridized carbons (Fsp3) is 0.263. The van der Waals surface area contributed by atoms with Crippen molar-refractivity contribution in [2.45, 2.75) is 13.0 Å². The molecule has 0 fully saturated rings. The van der Waals surface area contributed by atoms with E-state index in [1.165, 1.54) is 0 Å². The molecule has 0 heterocycles. The summed E-state index contributed by atoms with van der Waals surface area (Å²) >= 11 is 0. The van der Waals surface area contributed by atoms with Gasteiger partial charge in [0.25, 0.3) is 5.91 Å². The van der Waals surface area contributed by atoms with Crippen LogP contribution in [0.25, 0.3) is 0 Å². The SMILES string of the molecule is NCCCN(Cc1ccccc1)C(=O)CNC(=O)c1ccccc1. The molecular weight excluding hydrogens is 302 g/mol. The van der Waals surface area contributed by atoms with Crippen molar-refractivity contribution >= 4 is 11.8 Å². The Morgan fingerprint density at radius 2 is 1.58 bits per heavy atom. The van der Waals surface area contributed by atoms with Gasteiger partial charge >= 0.3 is 0 Å². The monoisotopic (exact) mass is 325 g/mol. The van der Waals surface area contributed by atoms with Gasteiger partial charge in [-0.2, -0.15) is 0 Å². The quantitative estimate of drug-likeness (QED) is 0.777. The molecule has 5 nitrogen and oxygen atoms in total. The van der Waals surface area contributed by atoms with E-state index in [2.05, 4.69) is 5.32 Å². The Balaban J connectivity index is 1.93. The van der Waals surface area contributed by atoms with Crippen LogP contribution in [0.2, 0.25) is 0 Å². The second-order valence-corrected chi connectivity index (χ2v) is 5.49. The van der Waals surface area contributed by atoms with Crippen molar-refractivity contribution in [3.8, 4) is 0 Å². The third kappa shape index (κ3) is 5.52. The molecule has 0 aliphatic heterocycles. The first-order valence-electron chi connectivity index (χ1n) is 8.05. The highest BCUT2D eigenvalue weighted by atomic mass is 16.2. The summed E-state index contributed by atoms with van der Waals surface area (Å²) in [6.07, 6.45) is 0.727. The Morgan fingerprint density at radius 1 is 0.958 bits per heavy atom. The van der Waals surface area contributed by atoms with E-state index in [1.54, 1.807) is 29.2 Å². The van der Waals surface area contributed by atoms with Crippen LogP contribution in [0, 0.1) is 0 Å². The number of carbonyl (C=O) groups is 2. The second kappa shape index (κ2) is 9.47. The van der Waals surface area contributed by atoms with Crippen LogP contribution < -0.4 is 11.1 Å². The molecule has 0 aliphatic carbocycles. The molecule has 3 N–H and O–H groups in total. The van der Waals surface area contributed by atoms with E-state index >= 15 is 0 Å². The van der Waals surface area contributed by atoms with E-state index in [1.807, 2.05) is 36.4 Å². The third-order valence-corrected chi connectivity index (χ3v) is 3.64. The summed E-state index contributed by atoms with van der Waals surface area (Å²) < 4.78 is 0. The number of nitrogens with one attached hydrogen (secondary N) is 1. The maximum absolute atomic E-state index is 12.5. The van der Waals surface area contributed by atoms with Gasteiger partial charge in [-0.25, -0.2) is 0 Å². The van der Waals surface area contributed by atoms with Gasteiger partial charge in [-0.3, -0.25) is 9.59 Å². The van der Waals surface area contributed by atoms with Gasteiger partial charge in [0.15, 0.2) is 0 Å². The Labute approximate surface area is 142 Å². The summed E-state index contributed by atoms with van der Waals surface area (Å²) in [6.45, 7) is 1.59. The van der Waals surface area contributed by atoms with E-state index < -0.39 is 0 Å². The highest BCUT2D eigenvalue weighted by molar-refractivity contribution is 5.96. The second-order valence-electron chi connectivity index (χ2n) is 5.49. The summed E-state index contributed by atoms with van der Waals surface area (Å²) in [5, 5.41) is 2.68. The van der Waals surface area contributed by atoms with Gasteiger partial charge < -0.3 is 16.0 Å². The Hall–Kier alpha value is -2.66. The van der Waals surface area contributed by atoms with Gasteiger partial charge in [-0.05, 0) is 30.7 Å². The molecule has 2 aromatic carbocycles. The number of nitrogens with two attached hydrogens (primary N) is 1. The van der Waals surface area contributed by atoms with Crippen molar-refractivity contribution in [2.75, 3.05) is 19.6 Å². The zero-order chi connectivity index (χ0) is 17.2. The van der Waals surface area contributed by atoms with Crippen molar-refractivity contribution in [3.05, 3.63) is 71.8 Å². The molecule has 2 rings (SSSR count). The summed E-state index contributed by atoms with van der Waals surface area (Å²) in [7, 11) is 0. The van der Waals surface area contributed by atoms with Crippen LogP contribution in [0.5, 0.6) is 0 Å². The Kier molecular flexibility index (Phi) is 6.98. The van der Waals surface area contributed by atoms with Gasteiger partial charge in [0, 0.05) is 18.7 Å². The fourth-order valence-electron chi connectivity index (χ4n) is 2.34. The molecular formula is C19H23N3O2. The lowest BCUT2D eigenvalue weighted by Crippen LogP contribution is -2.40. The molecule has 0 unspecified atom stereocenters. The molecule has 0 aromatic heterocycles. The van der Waals surface area contributed by atoms with Crippen molar-refractivity contribution in [2.24, 2.45) is 5.73 Å². The number of hydrogen-bond acceptors (Lipinski definition) is 3. The first-order valence-corrected chi connectivity index (χ1v) is 8.05. The van der Waals surface area contributed by atoms with Crippen LogP contribution in [-0.2, 0) is 11.3 Å². The van der Waals surface area contributed by atoms with Crippen LogP contribution in [0.1, 0.15) is 22.3 Å². The number of benzene rings is 2. The zero-order valence-electron chi connectivity index (χ0n) is 13.7. The molecule has 0 saturated carbocycles. The minimum absolute atomic E-state index is 0.0227. The number of hydrogen-bond donors (Lipinski definition) is 2. The maximum atomic E-state index is 12.5. The predicted octanol–water partition coefficient (Wildman–Crippen LogP) is 1.79. The van der Waals surface area contributed by atoms with Crippen LogP contribution in [0.15, 0.2) is 60.7 Å². The van der Waals surface area contributed by atoms with Crippen molar-refractivity contribution in [1.82, 2.24) is 10.2 Å². The fourth-order valence-corrected chi connectivity index (χ4v) is 2.34. The lowest BCUT2D eigenvalue weighted by molar-refractivity contribution is -0.130. The topological polar surface area (TPSA) is 75.4 Å². The zero-order valence-corrected chi connectivity index (χ0v) is 13.7. The summed E-state index contributed by atoms with van der Waals surface area (Å²) in [6, 6.07) is 18.6. The van der Waals surface area contributed by atoms with E-state index in [0.717, 1.165) is 12.0 Å². The number of rotatable bonds is 8. The molecule has 0 spiro atoms. The largest absolute Gasteiger partial charge is 0.343 e. The highest BCUT2D eigenvalue weighted by Crippen LogP contribution is 2.05. The minimum Gasteiger partial charge on any atom is -0.343 e. The lowest BCUT2D eigenvalue weighted by Gasteiger charge is -2.23. The highest BCUT2D eigenvalue weighted by Gasteiger charge is 2.15. The smallest absolute Gasteiger partial charge is 0.251 e. The van der Waals surface area contributed by atoms with Gasteiger partial charge in [0.1, 0.15) is 0 Å². The minimum atomic E-state index is -0.248. The maximum Gasteiger partial charge on any atom is 0.251 e. The van der Waals surface area contributed by atoms with E-state index in [-0.39, 0.29) is 18.4 Å². The molecule has 0 aliphatic rings. The van der Waals surface area contributed by atoms with E-state index in [9.17, 15) is 9.59 Å². The lowest BCUT2D eigenvalue weighted by atomic mass is 10.2. The number of carbonyl (C=O) groups excluding carboxylic acids is 2. The normalized spacial score (nSPS) is 10.2. The molecule has 0 radical (unpaired) electrons. The predicted molar refractivity (Wildman–Crippen MR) is 94.3 cm³/mol. The Morgan fingerprint density at radius 3 is 2.21 bits per heavy atom. The number of nitrogens with zero attached hydrogens (tertiary/aromatic N) is 1. The van der Waals surface area contributed by atoms with E-state index in [0.29, 0.717) is 25.2 Å². The number of amides is 2. The molecule has 2 amide bonds. The van der Waals surface area contributed by atoms with Gasteiger partial charge in [-0.15, -0.1) is 0 Å². The standard InChI is InChI=1S/C19H23N3O2/c20-12-7-13-22(15-16-8-3-1-4-9-16)18(23)14-21-19(24)17-10-5-2-6-11-17/h1-6,8-11H,7,12-15,20H2,(H,21,24). The van der Waals surface area contributed by atoms with Crippen LogP contribution in [-0.4, -0.2) is 36.3 Å². The third-order valence-electron chi connectivity index (χ3n) is 3.64. The Bertz CT molecular complexity index is 644. The molecule has 24 heavy (non-hydrogen) atoms. The molecule has 126 valence electrons. The van der Waals surface area contributed by atoms with Gasteiger partial charge in [0.05, 0.1) is 6.54 Å². The summed E-state index contributed by atoms with van der Waals surface area (Å²) in [5.41, 5.74) is 7.16. The van der Waals surface area contributed by atoms with Crippen LogP contribution >= 0.6 is 0 Å². The summed E-state index contributed by atoms with van der Waals surface area (Å²) in [5.74, 6) is -0.362. The summed E-state index contributed by atoms with van der Waals surface area (Å²) in [4.78, 5) is 26.2. The van der Waals surface area contributed by atoms with E-state index in [4.69, 9.17) is 5.73 Å². The average Bonchev–Trinajstić information content (AvgIpc) is 2.64. The van der Waals surface area contributed by atoms with Crippen molar-refractivity contribution < 1.29 is 9.59 Å². The average molecular weight is 325 g/mol. The van der Waals surface area contributed by atoms with Crippen molar-refractivity contribution in [3.63, 3.8) is 0 Å².